The molecule has 2 aliphatic carbocycles. The van der Waals surface area contributed by atoms with Crippen molar-refractivity contribution in [2.24, 2.45) is 5.92 Å². The summed E-state index contributed by atoms with van der Waals surface area (Å²) in [6.07, 6.45) is 7.91. The van der Waals surface area contributed by atoms with Crippen molar-refractivity contribution < 1.29 is 32.3 Å². The number of nitrogens with zero attached hydrogens (tertiary/aromatic N) is 3. The summed E-state index contributed by atoms with van der Waals surface area (Å²) in [6.45, 7) is 6.05. The molecule has 3 aromatic rings. The molecule has 1 saturated heterocycles. The zero-order chi connectivity index (χ0) is 37.8. The zero-order valence-corrected chi connectivity index (χ0v) is 32.6. The van der Waals surface area contributed by atoms with Crippen LogP contribution < -0.4 is 24.8 Å². The molecule has 2 aliphatic heterocycles. The minimum Gasteiger partial charge on any atom is -0.497 e. The van der Waals surface area contributed by atoms with Gasteiger partial charge in [0.15, 0.2) is 0 Å². The highest BCUT2D eigenvalue weighted by Gasteiger charge is 2.65. The number of aromatic nitrogens is 2. The number of allylic oxidation sites excluding steroid dienone is 1. The molecule has 284 valence electrons. The van der Waals surface area contributed by atoms with Crippen LogP contribution in [-0.2, 0) is 19.6 Å². The monoisotopic (exact) mass is 784 g/mol. The van der Waals surface area contributed by atoms with Crippen molar-refractivity contribution in [2.45, 2.75) is 99.4 Å². The Balaban J connectivity index is 1.34. The van der Waals surface area contributed by atoms with Crippen LogP contribution in [-0.4, -0.2) is 82.7 Å². The third kappa shape index (κ3) is 7.07. The van der Waals surface area contributed by atoms with Crippen molar-refractivity contribution in [3.8, 4) is 22.2 Å². The number of halogens is 1. The van der Waals surface area contributed by atoms with Crippen molar-refractivity contribution in [3.05, 3.63) is 47.5 Å². The van der Waals surface area contributed by atoms with E-state index in [1.165, 1.54) is 16.2 Å². The van der Waals surface area contributed by atoms with E-state index in [1.807, 2.05) is 17.5 Å². The molecule has 16 heteroatoms. The molecule has 3 fully saturated rings. The number of amides is 4. The summed E-state index contributed by atoms with van der Waals surface area (Å²) in [5, 5.41) is 8.31. The van der Waals surface area contributed by atoms with E-state index in [2.05, 4.69) is 29.2 Å². The topological polar surface area (TPSA) is 169 Å². The predicted octanol–water partition coefficient (Wildman–Crippen LogP) is 5.59. The van der Waals surface area contributed by atoms with Crippen LogP contribution in [0.25, 0.3) is 21.6 Å². The highest BCUT2D eigenvalue weighted by Crippen LogP contribution is 2.49. The molecule has 3 N–H and O–H groups in total. The number of hydrogen-bond donors (Lipinski definition) is 3. The largest absolute Gasteiger partial charge is 0.497 e. The fourth-order valence-corrected chi connectivity index (χ4v) is 9.55. The van der Waals surface area contributed by atoms with Gasteiger partial charge in [-0.1, -0.05) is 32.4 Å². The molecule has 2 saturated carbocycles. The number of hydrogen-bond acceptors (Lipinski definition) is 10. The maximum absolute atomic E-state index is 15.0. The molecule has 0 bridgehead atoms. The number of carbonyl (C=O) groups is 3. The summed E-state index contributed by atoms with van der Waals surface area (Å²) in [6, 6.07) is 6.41. The summed E-state index contributed by atoms with van der Waals surface area (Å²) in [5.74, 6) is -1.11. The Kier molecular flexibility index (Phi) is 9.90. The van der Waals surface area contributed by atoms with Crippen molar-refractivity contribution in [3.63, 3.8) is 0 Å². The average molecular weight is 785 g/mol. The van der Waals surface area contributed by atoms with E-state index in [9.17, 15) is 18.0 Å². The first kappa shape index (κ1) is 37.4. The molecule has 4 amide bonds. The van der Waals surface area contributed by atoms with E-state index in [4.69, 9.17) is 31.0 Å². The van der Waals surface area contributed by atoms with Crippen LogP contribution in [0.5, 0.6) is 11.5 Å². The first-order chi connectivity index (χ1) is 25.2. The summed E-state index contributed by atoms with van der Waals surface area (Å²) in [5.41, 5.74) is -1.74. The van der Waals surface area contributed by atoms with E-state index in [1.54, 1.807) is 38.3 Å². The Hall–Kier alpha value is -3.95. The van der Waals surface area contributed by atoms with E-state index in [0.717, 1.165) is 31.4 Å². The van der Waals surface area contributed by atoms with Gasteiger partial charge in [-0.15, -0.1) is 22.9 Å². The van der Waals surface area contributed by atoms with Crippen LogP contribution >= 0.6 is 22.9 Å². The quantitative estimate of drug-likeness (QED) is 0.195. The minimum absolute atomic E-state index is 0.0238. The van der Waals surface area contributed by atoms with Gasteiger partial charge >= 0.3 is 6.03 Å². The zero-order valence-electron chi connectivity index (χ0n) is 30.2. The second-order valence-corrected chi connectivity index (χ2v) is 18.7. The second kappa shape index (κ2) is 14.0. The smallest absolute Gasteiger partial charge is 0.320 e. The van der Waals surface area contributed by atoms with Crippen molar-refractivity contribution in [1.29, 1.82) is 0 Å². The van der Waals surface area contributed by atoms with Gasteiger partial charge in [0.25, 0.3) is 17.5 Å². The van der Waals surface area contributed by atoms with Gasteiger partial charge in [-0.05, 0) is 63.5 Å². The van der Waals surface area contributed by atoms with Gasteiger partial charge in [0.05, 0.1) is 28.4 Å². The molecule has 13 nitrogen and oxygen atoms in total. The van der Waals surface area contributed by atoms with Crippen molar-refractivity contribution in [2.75, 3.05) is 20.2 Å². The highest BCUT2D eigenvalue weighted by atomic mass is 35.5. The van der Waals surface area contributed by atoms with Gasteiger partial charge in [0.1, 0.15) is 27.7 Å². The van der Waals surface area contributed by atoms with Crippen molar-refractivity contribution >= 4 is 61.7 Å². The summed E-state index contributed by atoms with van der Waals surface area (Å²) < 4.78 is 40.1. The first-order valence-electron chi connectivity index (χ1n) is 18.1. The van der Waals surface area contributed by atoms with Crippen LogP contribution in [0.15, 0.2) is 41.8 Å². The third-order valence-electron chi connectivity index (χ3n) is 10.8. The molecule has 4 heterocycles. The number of thiazole rings is 1. The van der Waals surface area contributed by atoms with Crippen LogP contribution in [0.4, 0.5) is 4.79 Å². The van der Waals surface area contributed by atoms with Crippen LogP contribution in [0.1, 0.15) is 83.7 Å². The lowest BCUT2D eigenvalue weighted by Crippen LogP contribution is -2.66. The van der Waals surface area contributed by atoms with E-state index >= 15 is 4.79 Å². The molecule has 4 atom stereocenters. The van der Waals surface area contributed by atoms with Gasteiger partial charge in [-0.25, -0.2) is 23.2 Å². The number of fused-ring (bicyclic) bond motifs is 3. The number of carbonyl (C=O) groups excluding carboxylic acids is 3. The molecule has 0 radical (unpaired) electrons. The Morgan fingerprint density at radius 1 is 1.13 bits per heavy atom. The Labute approximate surface area is 318 Å². The predicted molar refractivity (Wildman–Crippen MR) is 203 cm³/mol. The fraction of sp³-hybridized carbons (Fsp3) is 0.541. The Bertz CT molecular complexity index is 2090. The summed E-state index contributed by atoms with van der Waals surface area (Å²) in [4.78, 5) is 54.1. The van der Waals surface area contributed by atoms with Gasteiger partial charge < -0.3 is 20.1 Å². The number of ether oxygens (including phenoxy) is 2. The maximum Gasteiger partial charge on any atom is 0.320 e. The lowest BCUT2D eigenvalue weighted by molar-refractivity contribution is -0.150. The van der Waals surface area contributed by atoms with Gasteiger partial charge in [-0.3, -0.25) is 19.2 Å². The van der Waals surface area contributed by atoms with Crippen LogP contribution in [0.2, 0.25) is 0 Å². The molecular weight excluding hydrogens is 740 g/mol. The molecule has 2 aromatic heterocycles. The second-order valence-electron chi connectivity index (χ2n) is 15.0. The van der Waals surface area contributed by atoms with E-state index < -0.39 is 55.2 Å². The maximum atomic E-state index is 15.0. The number of nitrogens with one attached hydrogen (secondary N) is 3. The molecule has 4 aliphatic rings. The molecule has 4 unspecified atom stereocenters. The SMILES string of the molecule is COc1ccc2c(OC34CC(Cl)CN3C(=O)NCCCCC/C=C\C3CC3(C(=O)NS(=O)(=O)C3(C)CC3)NC4=O)cc(-c3nc(C(C)C)cs3)nc2c1. The van der Waals surface area contributed by atoms with Crippen LogP contribution in [0.3, 0.4) is 0 Å². The molecule has 0 spiro atoms. The molecule has 7 rings (SSSR count). The molecule has 53 heavy (non-hydrogen) atoms. The highest BCUT2D eigenvalue weighted by molar-refractivity contribution is 7.91. The average Bonchev–Trinajstić information content (AvgIpc) is 3.92. The van der Waals surface area contributed by atoms with E-state index in [-0.39, 0.29) is 31.1 Å². The Morgan fingerprint density at radius 2 is 1.92 bits per heavy atom. The first-order valence-corrected chi connectivity index (χ1v) is 20.9. The number of sulfonamides is 1. The number of methoxy groups -OCH3 is 1. The molecular formula is C37H45ClN6O7S2. The van der Waals surface area contributed by atoms with E-state index in [0.29, 0.717) is 46.7 Å². The van der Waals surface area contributed by atoms with Gasteiger partial charge in [-0.2, -0.15) is 0 Å². The summed E-state index contributed by atoms with van der Waals surface area (Å²) in [7, 11) is -2.47. The van der Waals surface area contributed by atoms with Gasteiger partial charge in [0.2, 0.25) is 10.0 Å². The normalized spacial score (nSPS) is 27.8. The third-order valence-corrected chi connectivity index (χ3v) is 14.1. The number of urea groups is 1. The standard InChI is InChI=1S/C37H45ClN6O7S2/c1-22(2)29-21-52-31(41-29)28-17-30(26-12-11-25(50-4)16-27(26)40-28)51-37-19-24(38)20-44(37)34(47)39-15-9-7-5-6-8-10-23-18-36(23,42-33(37)46)32(45)43-53(48,49)35(3)13-14-35/h8,10-12,16-17,21-24H,5-7,9,13-15,18-20H2,1-4H3,(H,39,47)(H,42,46)(H,43,45)/b10-8-. The molecule has 1 aromatic carbocycles. The van der Waals surface area contributed by atoms with Gasteiger partial charge in [0, 0.05) is 48.3 Å². The van der Waals surface area contributed by atoms with Crippen LogP contribution in [0, 0.1) is 5.92 Å². The lowest BCUT2D eigenvalue weighted by atomic mass is 10.1. The minimum atomic E-state index is -4.02. The Morgan fingerprint density at radius 3 is 2.64 bits per heavy atom. The number of pyridine rings is 1. The number of alkyl halides is 1. The summed E-state index contributed by atoms with van der Waals surface area (Å²) >= 11 is 8.24. The van der Waals surface area contributed by atoms with Crippen molar-refractivity contribution in [1.82, 2.24) is 30.2 Å². The fourth-order valence-electron chi connectivity index (χ4n) is 6.95. The number of benzene rings is 1. The number of rotatable bonds is 8. The lowest BCUT2D eigenvalue weighted by Gasteiger charge is -2.38.